The van der Waals surface area contributed by atoms with E-state index < -0.39 is 0 Å². The molecule has 2 rings (SSSR count). The van der Waals surface area contributed by atoms with E-state index in [1.54, 1.807) is 22.4 Å². The number of aryl methyl sites for hydroxylation is 2. The lowest BCUT2D eigenvalue weighted by Crippen LogP contribution is -2.21. The zero-order valence-electron chi connectivity index (χ0n) is 9.34. The Kier molecular flexibility index (Phi) is 2.52. The first-order valence-corrected chi connectivity index (χ1v) is 5.11. The summed E-state index contributed by atoms with van der Waals surface area (Å²) in [5.74, 6) is 5.10. The maximum absolute atomic E-state index is 11.9. The van der Waals surface area contributed by atoms with Crippen molar-refractivity contribution in [1.29, 1.82) is 0 Å². The fourth-order valence-corrected chi connectivity index (χ4v) is 1.90. The molecule has 0 atom stereocenters. The van der Waals surface area contributed by atoms with E-state index in [0.717, 1.165) is 16.6 Å². The van der Waals surface area contributed by atoms with Crippen molar-refractivity contribution in [2.75, 3.05) is 0 Å². The average molecular weight is 218 g/mol. The van der Waals surface area contributed by atoms with E-state index in [1.165, 1.54) is 0 Å². The number of hydrogen-bond acceptors (Lipinski definition) is 3. The molecule has 0 saturated carbocycles. The van der Waals surface area contributed by atoms with E-state index in [2.05, 4.69) is 5.10 Å². The second-order valence-corrected chi connectivity index (χ2v) is 3.61. The Labute approximate surface area is 92.8 Å². The predicted molar refractivity (Wildman–Crippen MR) is 64.6 cm³/mol. The lowest BCUT2D eigenvalue weighted by Gasteiger charge is -1.98. The Morgan fingerprint density at radius 3 is 2.81 bits per heavy atom. The standard InChI is InChI=1S/C11H14N4O/c1-3-15-9-5-4-8(7-13-12)6-10(9)14(2)11(15)16/h4-7H,3,12H2,1-2H3. The minimum absolute atomic E-state index is 0.000614. The van der Waals surface area contributed by atoms with Gasteiger partial charge < -0.3 is 5.84 Å². The van der Waals surface area contributed by atoms with Gasteiger partial charge in [0.25, 0.3) is 0 Å². The van der Waals surface area contributed by atoms with Crippen LogP contribution in [0.4, 0.5) is 0 Å². The van der Waals surface area contributed by atoms with Gasteiger partial charge in [-0.1, -0.05) is 6.07 Å². The minimum Gasteiger partial charge on any atom is -0.323 e. The Balaban J connectivity index is 2.80. The van der Waals surface area contributed by atoms with Gasteiger partial charge in [-0.2, -0.15) is 5.10 Å². The van der Waals surface area contributed by atoms with Gasteiger partial charge in [-0.05, 0) is 24.6 Å². The highest BCUT2D eigenvalue weighted by molar-refractivity contribution is 5.87. The van der Waals surface area contributed by atoms with Gasteiger partial charge >= 0.3 is 5.69 Å². The molecule has 5 nitrogen and oxygen atoms in total. The molecule has 0 aliphatic carbocycles. The largest absolute Gasteiger partial charge is 0.328 e. The zero-order chi connectivity index (χ0) is 11.7. The van der Waals surface area contributed by atoms with E-state index in [4.69, 9.17) is 5.84 Å². The lowest BCUT2D eigenvalue weighted by atomic mass is 10.2. The molecular weight excluding hydrogens is 204 g/mol. The highest BCUT2D eigenvalue weighted by Crippen LogP contribution is 2.13. The molecule has 2 N–H and O–H groups in total. The molecule has 0 aliphatic rings. The number of rotatable bonds is 2. The minimum atomic E-state index is -0.000614. The normalized spacial score (nSPS) is 11.6. The quantitative estimate of drug-likeness (QED) is 0.457. The van der Waals surface area contributed by atoms with Crippen LogP contribution in [0.3, 0.4) is 0 Å². The van der Waals surface area contributed by atoms with Gasteiger partial charge in [0, 0.05) is 13.6 Å². The van der Waals surface area contributed by atoms with Gasteiger partial charge in [-0.15, -0.1) is 0 Å². The predicted octanol–water partition coefficient (Wildman–Crippen LogP) is 0.652. The Hall–Kier alpha value is -2.04. The molecule has 0 saturated heterocycles. The van der Waals surface area contributed by atoms with Gasteiger partial charge in [-0.3, -0.25) is 9.13 Å². The summed E-state index contributed by atoms with van der Waals surface area (Å²) >= 11 is 0. The zero-order valence-corrected chi connectivity index (χ0v) is 9.34. The first-order chi connectivity index (χ1) is 7.69. The maximum atomic E-state index is 11.9. The molecule has 1 aromatic heterocycles. The van der Waals surface area contributed by atoms with Crippen molar-refractivity contribution in [3.63, 3.8) is 0 Å². The number of fused-ring (bicyclic) bond motifs is 1. The second kappa shape index (κ2) is 3.84. The topological polar surface area (TPSA) is 65.3 Å². The number of hydrazone groups is 1. The summed E-state index contributed by atoms with van der Waals surface area (Å²) in [6.07, 6.45) is 1.56. The van der Waals surface area contributed by atoms with Crippen molar-refractivity contribution in [1.82, 2.24) is 9.13 Å². The van der Waals surface area contributed by atoms with Gasteiger partial charge in [0.05, 0.1) is 17.2 Å². The van der Waals surface area contributed by atoms with Gasteiger partial charge in [0.2, 0.25) is 0 Å². The monoisotopic (exact) mass is 218 g/mol. The Bertz CT molecular complexity index is 606. The van der Waals surface area contributed by atoms with Crippen LogP contribution in [0.15, 0.2) is 28.1 Å². The van der Waals surface area contributed by atoms with Crippen LogP contribution in [0.25, 0.3) is 11.0 Å². The Morgan fingerprint density at radius 1 is 1.44 bits per heavy atom. The van der Waals surface area contributed by atoms with Crippen LogP contribution in [0.5, 0.6) is 0 Å². The molecule has 1 aromatic carbocycles. The van der Waals surface area contributed by atoms with E-state index in [-0.39, 0.29) is 5.69 Å². The summed E-state index contributed by atoms with van der Waals surface area (Å²) in [5.41, 5.74) is 2.71. The molecule has 0 unspecified atom stereocenters. The second-order valence-electron chi connectivity index (χ2n) is 3.61. The first kappa shape index (κ1) is 10.5. The summed E-state index contributed by atoms with van der Waals surface area (Å²) in [6.45, 7) is 2.62. The number of nitrogens with two attached hydrogens (primary N) is 1. The van der Waals surface area contributed by atoms with Crippen LogP contribution >= 0.6 is 0 Å². The van der Waals surface area contributed by atoms with E-state index in [0.29, 0.717) is 6.54 Å². The summed E-state index contributed by atoms with van der Waals surface area (Å²) < 4.78 is 3.37. The van der Waals surface area contributed by atoms with Crippen molar-refractivity contribution in [2.45, 2.75) is 13.5 Å². The van der Waals surface area contributed by atoms with Crippen molar-refractivity contribution >= 4 is 17.2 Å². The van der Waals surface area contributed by atoms with Crippen molar-refractivity contribution < 1.29 is 0 Å². The maximum Gasteiger partial charge on any atom is 0.328 e. The summed E-state index contributed by atoms with van der Waals surface area (Å²) in [4.78, 5) is 11.9. The van der Waals surface area contributed by atoms with E-state index >= 15 is 0 Å². The molecule has 84 valence electrons. The molecule has 0 spiro atoms. The van der Waals surface area contributed by atoms with Crippen LogP contribution in [-0.2, 0) is 13.6 Å². The summed E-state index contributed by atoms with van der Waals surface area (Å²) in [7, 11) is 1.76. The van der Waals surface area contributed by atoms with Crippen LogP contribution in [0.2, 0.25) is 0 Å². The van der Waals surface area contributed by atoms with E-state index in [9.17, 15) is 4.79 Å². The van der Waals surface area contributed by atoms with Crippen LogP contribution in [0.1, 0.15) is 12.5 Å². The Morgan fingerprint density at radius 2 is 2.19 bits per heavy atom. The highest BCUT2D eigenvalue weighted by Gasteiger charge is 2.08. The van der Waals surface area contributed by atoms with Gasteiger partial charge in [0.15, 0.2) is 0 Å². The molecule has 0 fully saturated rings. The molecule has 2 aromatic rings. The molecule has 16 heavy (non-hydrogen) atoms. The number of hydrogen-bond donors (Lipinski definition) is 1. The number of benzene rings is 1. The van der Waals surface area contributed by atoms with E-state index in [1.807, 2.05) is 25.1 Å². The van der Waals surface area contributed by atoms with Crippen LogP contribution in [-0.4, -0.2) is 15.3 Å². The SMILES string of the molecule is CCn1c(=O)n(C)c2cc(C=NN)ccc21. The molecule has 5 heteroatoms. The number of imidazole rings is 1. The summed E-state index contributed by atoms with van der Waals surface area (Å²) in [6, 6.07) is 5.71. The van der Waals surface area contributed by atoms with Crippen LogP contribution < -0.4 is 11.5 Å². The van der Waals surface area contributed by atoms with Crippen molar-refractivity contribution in [3.8, 4) is 0 Å². The lowest BCUT2D eigenvalue weighted by molar-refractivity contribution is 0.712. The molecular formula is C11H14N4O. The van der Waals surface area contributed by atoms with Gasteiger partial charge in [-0.25, -0.2) is 4.79 Å². The third-order valence-corrected chi connectivity index (χ3v) is 2.71. The van der Waals surface area contributed by atoms with Gasteiger partial charge in [0.1, 0.15) is 0 Å². The first-order valence-electron chi connectivity index (χ1n) is 5.11. The highest BCUT2D eigenvalue weighted by atomic mass is 16.1. The van der Waals surface area contributed by atoms with Crippen molar-refractivity contribution in [2.24, 2.45) is 18.0 Å². The molecule has 0 aliphatic heterocycles. The molecule has 0 bridgehead atoms. The molecule has 0 amide bonds. The number of aromatic nitrogens is 2. The van der Waals surface area contributed by atoms with Crippen molar-refractivity contribution in [3.05, 3.63) is 34.2 Å². The fraction of sp³-hybridized carbons (Fsp3) is 0.273. The summed E-state index contributed by atoms with van der Waals surface area (Å²) in [5, 5.41) is 3.47. The molecule has 1 heterocycles. The third-order valence-electron chi connectivity index (χ3n) is 2.71. The fourth-order valence-electron chi connectivity index (χ4n) is 1.90. The third kappa shape index (κ3) is 1.41. The molecule has 0 radical (unpaired) electrons. The number of nitrogens with zero attached hydrogens (tertiary/aromatic N) is 3. The van der Waals surface area contributed by atoms with Crippen LogP contribution in [0, 0.1) is 0 Å². The smallest absolute Gasteiger partial charge is 0.323 e. The average Bonchev–Trinajstić information content (AvgIpc) is 2.53.